The summed E-state index contributed by atoms with van der Waals surface area (Å²) in [5.41, 5.74) is 4.94. The molecule has 0 amide bonds. The number of benzene rings is 2. The molecule has 1 fully saturated rings. The van der Waals surface area contributed by atoms with Crippen molar-refractivity contribution in [1.82, 2.24) is 0 Å². The lowest BCUT2D eigenvalue weighted by Crippen LogP contribution is -2.07. The average Bonchev–Trinajstić information content (AvgIpc) is 3.37. The number of rotatable bonds is 7. The van der Waals surface area contributed by atoms with Gasteiger partial charge >= 0.3 is 0 Å². The first-order valence-corrected chi connectivity index (χ1v) is 11.6. The van der Waals surface area contributed by atoms with Gasteiger partial charge in [0.25, 0.3) is 0 Å². The molecule has 2 heterocycles. The van der Waals surface area contributed by atoms with Crippen LogP contribution < -0.4 is 4.74 Å². The Morgan fingerprint density at radius 3 is 2.66 bits per heavy atom. The Labute approximate surface area is 200 Å². The minimum atomic E-state index is 0. The number of aryl methyl sites for hydroxylation is 1. The van der Waals surface area contributed by atoms with Gasteiger partial charge in [-0.05, 0) is 84.2 Å². The highest BCUT2D eigenvalue weighted by atomic mass is 32.1. The highest BCUT2D eigenvalue weighted by molar-refractivity contribution is 7.59. The summed E-state index contributed by atoms with van der Waals surface area (Å²) < 4.78 is 7.50. The van der Waals surface area contributed by atoms with Gasteiger partial charge in [-0.2, -0.15) is 18.6 Å². The number of ether oxygens (including phenoxy) is 1. The van der Waals surface area contributed by atoms with Crippen LogP contribution in [-0.4, -0.2) is 12.3 Å². The van der Waals surface area contributed by atoms with Crippen LogP contribution in [-0.2, 0) is 6.61 Å². The smallest absolute Gasteiger partial charge is 0.119 e. The number of thiophene rings is 1. The van der Waals surface area contributed by atoms with Crippen molar-refractivity contribution >= 4 is 40.6 Å². The predicted octanol–water partition coefficient (Wildman–Crippen LogP) is 7.10. The lowest BCUT2D eigenvalue weighted by molar-refractivity contribution is 0.306. The zero-order valence-corrected chi connectivity index (χ0v) is 20.2. The minimum absolute atomic E-state index is 0. The zero-order chi connectivity index (χ0) is 21.2. The largest absolute Gasteiger partial charge is 0.489 e. The summed E-state index contributed by atoms with van der Waals surface area (Å²) >= 11 is 1.92. The molecule has 3 aromatic rings. The van der Waals surface area contributed by atoms with E-state index in [-0.39, 0.29) is 19.4 Å². The van der Waals surface area contributed by atoms with Gasteiger partial charge in [-0.1, -0.05) is 24.1 Å². The van der Waals surface area contributed by atoms with Gasteiger partial charge in [-0.25, -0.2) is 0 Å². The van der Waals surface area contributed by atoms with Crippen molar-refractivity contribution in [2.24, 2.45) is 15.4 Å². The fraction of sp³-hybridized carbons (Fsp3) is 0.346. The van der Waals surface area contributed by atoms with Crippen LogP contribution in [0.4, 0.5) is 0 Å². The second-order valence-corrected chi connectivity index (χ2v) is 9.50. The van der Waals surface area contributed by atoms with Gasteiger partial charge in [0.05, 0.1) is 11.6 Å². The van der Waals surface area contributed by atoms with Crippen LogP contribution in [0.15, 0.2) is 57.9 Å². The first-order valence-electron chi connectivity index (χ1n) is 10.8. The van der Waals surface area contributed by atoms with E-state index in [1.165, 1.54) is 38.9 Å². The Morgan fingerprint density at radius 2 is 1.97 bits per heavy atom. The van der Waals surface area contributed by atoms with E-state index in [4.69, 9.17) is 4.74 Å². The molecule has 0 bridgehead atoms. The number of hydrogen-bond acceptors (Lipinski definition) is 5. The van der Waals surface area contributed by atoms with Crippen LogP contribution >= 0.6 is 24.8 Å². The van der Waals surface area contributed by atoms with Crippen LogP contribution in [0.5, 0.6) is 5.75 Å². The second-order valence-electron chi connectivity index (χ2n) is 8.24. The Kier molecular flexibility index (Phi) is 6.98. The summed E-state index contributed by atoms with van der Waals surface area (Å²) in [6, 6.07) is 15.0. The molecule has 0 N–H and O–H groups in total. The quantitative estimate of drug-likeness (QED) is 0.346. The highest BCUT2D eigenvalue weighted by Gasteiger charge is 2.28. The maximum Gasteiger partial charge on any atom is 0.119 e. The van der Waals surface area contributed by atoms with Crippen molar-refractivity contribution in [2.45, 2.75) is 51.6 Å². The summed E-state index contributed by atoms with van der Waals surface area (Å²) in [7, 11) is 0. The molecule has 1 aliphatic heterocycles. The third kappa shape index (κ3) is 4.90. The molecule has 5 rings (SSSR count). The Hall–Kier alpha value is -2.62. The van der Waals surface area contributed by atoms with Gasteiger partial charge in [-0.3, -0.25) is 0 Å². The Bertz CT molecular complexity index is 1230. The summed E-state index contributed by atoms with van der Waals surface area (Å²) in [5, 5.41) is 13.2. The average molecular weight is 462 g/mol. The van der Waals surface area contributed by atoms with Crippen LogP contribution in [0.25, 0.3) is 10.1 Å². The van der Waals surface area contributed by atoms with E-state index in [0.717, 1.165) is 23.8 Å². The first kappa shape index (κ1) is 22.6. The van der Waals surface area contributed by atoms with E-state index in [1.54, 1.807) is 5.56 Å². The van der Waals surface area contributed by atoms with Crippen molar-refractivity contribution in [3.05, 3.63) is 64.0 Å². The van der Waals surface area contributed by atoms with Crippen LogP contribution in [0.2, 0.25) is 0 Å². The molecule has 164 valence electrons. The Balaban J connectivity index is 0.00000245. The molecule has 1 atom stereocenters. The number of hydrogen-bond donors (Lipinski definition) is 0. The molecule has 6 heteroatoms. The van der Waals surface area contributed by atoms with Crippen molar-refractivity contribution in [3.8, 4) is 17.6 Å². The van der Waals surface area contributed by atoms with Crippen LogP contribution in [0.3, 0.4) is 0 Å². The van der Waals surface area contributed by atoms with E-state index in [1.807, 2.05) is 30.4 Å². The van der Waals surface area contributed by atoms with Crippen molar-refractivity contribution in [1.29, 1.82) is 0 Å². The molecular formula is C26H27N3OS2. The van der Waals surface area contributed by atoms with Gasteiger partial charge in [0.15, 0.2) is 0 Å². The molecular weight excluding hydrogens is 434 g/mol. The lowest BCUT2D eigenvalue weighted by atomic mass is 9.94. The van der Waals surface area contributed by atoms with E-state index in [2.05, 4.69) is 64.5 Å². The van der Waals surface area contributed by atoms with E-state index >= 15 is 0 Å². The molecule has 1 aromatic heterocycles. The summed E-state index contributed by atoms with van der Waals surface area (Å²) in [5.74, 6) is 8.08. The van der Waals surface area contributed by atoms with Crippen molar-refractivity contribution in [2.75, 3.05) is 6.54 Å². The molecule has 0 unspecified atom stereocenters. The SMILES string of the molecule is CC#C[C@@H](CC1=NN=NC1)c1ccc(OCc2ccc3sc(C)c(C4CC4)c3c2)cc1.S. The van der Waals surface area contributed by atoms with Gasteiger partial charge in [0.2, 0.25) is 0 Å². The zero-order valence-electron chi connectivity index (χ0n) is 18.4. The summed E-state index contributed by atoms with van der Waals surface area (Å²) in [4.78, 5) is 1.47. The number of nitrogens with zero attached hydrogens (tertiary/aromatic N) is 3. The lowest BCUT2D eigenvalue weighted by Gasteiger charge is -2.12. The van der Waals surface area contributed by atoms with Gasteiger partial charge in [-0.15, -0.1) is 22.4 Å². The van der Waals surface area contributed by atoms with E-state index in [9.17, 15) is 0 Å². The summed E-state index contributed by atoms with van der Waals surface area (Å²) in [6.07, 6.45) is 3.43. The molecule has 1 aliphatic carbocycles. The fourth-order valence-electron chi connectivity index (χ4n) is 4.23. The molecule has 0 radical (unpaired) electrons. The van der Waals surface area contributed by atoms with Gasteiger partial charge in [0.1, 0.15) is 18.9 Å². The predicted molar refractivity (Wildman–Crippen MR) is 138 cm³/mol. The molecule has 0 spiro atoms. The van der Waals surface area contributed by atoms with Gasteiger partial charge in [0, 0.05) is 16.0 Å². The first-order chi connectivity index (χ1) is 15.2. The molecule has 0 saturated heterocycles. The topological polar surface area (TPSA) is 46.3 Å². The summed E-state index contributed by atoms with van der Waals surface area (Å²) in [6.45, 7) is 5.29. The molecule has 1 saturated carbocycles. The van der Waals surface area contributed by atoms with E-state index in [0.29, 0.717) is 13.2 Å². The highest BCUT2D eigenvalue weighted by Crippen LogP contribution is 2.47. The van der Waals surface area contributed by atoms with Crippen LogP contribution in [0.1, 0.15) is 59.6 Å². The van der Waals surface area contributed by atoms with Gasteiger partial charge < -0.3 is 4.74 Å². The monoisotopic (exact) mass is 461 g/mol. The standard InChI is InChI=1S/C26H25N3OS.H2S/c1-3-4-21(14-22-15-27-29-28-22)19-8-10-23(11-9-19)30-16-18-5-12-25-24(13-18)26(17(2)31-25)20-6-7-20;/h5,8-13,20-21H,6-7,14-16H2,1-2H3;1H2/t21-;/m0./s1. The normalized spacial score (nSPS) is 15.6. The van der Waals surface area contributed by atoms with Crippen molar-refractivity contribution < 1.29 is 4.74 Å². The second kappa shape index (κ2) is 9.89. The Morgan fingerprint density at radius 1 is 1.16 bits per heavy atom. The molecule has 32 heavy (non-hydrogen) atoms. The van der Waals surface area contributed by atoms with Crippen LogP contribution in [0, 0.1) is 18.8 Å². The molecule has 4 nitrogen and oxygen atoms in total. The fourth-order valence-corrected chi connectivity index (χ4v) is 5.36. The number of fused-ring (bicyclic) bond motifs is 1. The third-order valence-corrected chi connectivity index (χ3v) is 7.01. The van der Waals surface area contributed by atoms with Crippen molar-refractivity contribution in [3.63, 3.8) is 0 Å². The third-order valence-electron chi connectivity index (χ3n) is 5.91. The minimum Gasteiger partial charge on any atom is -0.489 e. The molecule has 2 aromatic carbocycles. The molecule has 2 aliphatic rings. The van der Waals surface area contributed by atoms with E-state index < -0.39 is 0 Å². The maximum atomic E-state index is 6.11. The maximum absolute atomic E-state index is 6.11.